The molecule has 33 heavy (non-hydrogen) atoms. The van der Waals surface area contributed by atoms with Crippen LogP contribution in [0.3, 0.4) is 0 Å². The second-order valence-corrected chi connectivity index (χ2v) is 6.74. The first-order valence-electron chi connectivity index (χ1n) is 8.62. The van der Waals surface area contributed by atoms with Crippen molar-refractivity contribution in [2.24, 2.45) is 0 Å². The lowest BCUT2D eigenvalue weighted by Crippen LogP contribution is -2.17. The van der Waals surface area contributed by atoms with Crippen molar-refractivity contribution in [2.45, 2.75) is 18.9 Å². The molecular formula is C20H9ClF9NO2. The van der Waals surface area contributed by atoms with E-state index in [0.29, 0.717) is 6.07 Å². The molecule has 0 saturated heterocycles. The SMILES string of the molecule is FC(F)(F)Oc1ccc(-c2cc(C(F)(F)F)nc(-c3ccc(OC(F)(F)F)cc3)c2Cl)cc1. The van der Waals surface area contributed by atoms with Gasteiger partial charge in [-0.1, -0.05) is 23.7 Å². The van der Waals surface area contributed by atoms with Gasteiger partial charge in [0, 0.05) is 11.1 Å². The molecule has 1 aromatic heterocycles. The molecule has 0 fully saturated rings. The lowest BCUT2D eigenvalue weighted by Gasteiger charge is -2.15. The quantitative estimate of drug-likeness (QED) is 0.341. The third-order valence-corrected chi connectivity index (χ3v) is 4.39. The molecule has 0 aliphatic heterocycles. The largest absolute Gasteiger partial charge is 0.573 e. The molecule has 13 heteroatoms. The molecule has 3 aromatic rings. The van der Waals surface area contributed by atoms with E-state index >= 15 is 0 Å². The number of alkyl halides is 9. The summed E-state index contributed by atoms with van der Waals surface area (Å²) in [6, 6.07) is 8.28. The molecule has 1 heterocycles. The molecule has 0 bridgehead atoms. The maximum Gasteiger partial charge on any atom is 0.573 e. The number of aromatic nitrogens is 1. The maximum atomic E-state index is 13.4. The van der Waals surface area contributed by atoms with Crippen LogP contribution in [-0.4, -0.2) is 17.7 Å². The predicted octanol–water partition coefficient (Wildman–Crippen LogP) is 7.89. The molecule has 0 radical (unpaired) electrons. The minimum absolute atomic E-state index is 0.0145. The van der Waals surface area contributed by atoms with Crippen LogP contribution in [0.4, 0.5) is 39.5 Å². The molecule has 3 rings (SSSR count). The van der Waals surface area contributed by atoms with Crippen molar-refractivity contribution >= 4 is 11.6 Å². The smallest absolute Gasteiger partial charge is 0.406 e. The normalized spacial score (nSPS) is 12.5. The zero-order valence-electron chi connectivity index (χ0n) is 15.7. The number of halogens is 10. The standard InChI is InChI=1S/C20H9ClF9NO2/c21-16-14(10-1-5-12(6-2-10)32-19(25,26)27)9-15(18(22,23)24)31-17(16)11-3-7-13(8-4-11)33-20(28,29)30/h1-9H. The van der Waals surface area contributed by atoms with E-state index in [9.17, 15) is 39.5 Å². The first-order valence-corrected chi connectivity index (χ1v) is 9.00. The summed E-state index contributed by atoms with van der Waals surface area (Å²) in [4.78, 5) is 3.48. The Morgan fingerprint density at radius 3 is 1.45 bits per heavy atom. The molecule has 176 valence electrons. The van der Waals surface area contributed by atoms with Crippen LogP contribution in [0.5, 0.6) is 11.5 Å². The fourth-order valence-corrected chi connectivity index (χ4v) is 3.04. The van der Waals surface area contributed by atoms with Gasteiger partial charge in [-0.3, -0.25) is 0 Å². The molecule has 0 N–H and O–H groups in total. The van der Waals surface area contributed by atoms with E-state index in [1.807, 2.05) is 0 Å². The van der Waals surface area contributed by atoms with Gasteiger partial charge < -0.3 is 9.47 Å². The Morgan fingerprint density at radius 1 is 0.636 bits per heavy atom. The number of hydrogen-bond acceptors (Lipinski definition) is 3. The Morgan fingerprint density at radius 2 is 1.06 bits per heavy atom. The molecule has 3 nitrogen and oxygen atoms in total. The van der Waals surface area contributed by atoms with Gasteiger partial charge >= 0.3 is 18.9 Å². The molecule has 0 aliphatic rings. The van der Waals surface area contributed by atoms with Gasteiger partial charge in [0.1, 0.15) is 17.2 Å². The topological polar surface area (TPSA) is 31.4 Å². The Balaban J connectivity index is 2.07. The van der Waals surface area contributed by atoms with Gasteiger partial charge in [-0.05, 0) is 48.0 Å². The van der Waals surface area contributed by atoms with Crippen LogP contribution in [0, 0.1) is 0 Å². The van der Waals surface area contributed by atoms with E-state index in [2.05, 4.69) is 14.5 Å². The summed E-state index contributed by atoms with van der Waals surface area (Å²) in [5, 5.41) is -0.308. The minimum atomic E-state index is -4.97. The highest BCUT2D eigenvalue weighted by molar-refractivity contribution is 6.35. The summed E-state index contributed by atoms with van der Waals surface area (Å²) in [6.45, 7) is 0. The zero-order valence-corrected chi connectivity index (χ0v) is 16.5. The van der Waals surface area contributed by atoms with Crippen molar-refractivity contribution < 1.29 is 49.0 Å². The van der Waals surface area contributed by atoms with E-state index in [1.165, 1.54) is 0 Å². The van der Waals surface area contributed by atoms with Gasteiger partial charge in [-0.2, -0.15) is 13.2 Å². The highest BCUT2D eigenvalue weighted by atomic mass is 35.5. The van der Waals surface area contributed by atoms with E-state index < -0.39 is 41.8 Å². The number of nitrogens with zero attached hydrogens (tertiary/aromatic N) is 1. The molecule has 0 aliphatic carbocycles. The van der Waals surface area contributed by atoms with Gasteiger partial charge in [0.25, 0.3) is 0 Å². The molecular weight excluding hydrogens is 493 g/mol. The number of ether oxygens (including phenoxy) is 2. The third-order valence-electron chi connectivity index (χ3n) is 4.01. The third kappa shape index (κ3) is 6.44. The first-order chi connectivity index (χ1) is 15.1. The van der Waals surface area contributed by atoms with Crippen molar-refractivity contribution in [3.63, 3.8) is 0 Å². The second-order valence-electron chi connectivity index (χ2n) is 6.36. The molecule has 0 saturated carbocycles. The van der Waals surface area contributed by atoms with Gasteiger partial charge in [0.15, 0.2) is 0 Å². The zero-order chi connectivity index (χ0) is 24.6. The average Bonchev–Trinajstić information content (AvgIpc) is 2.66. The highest BCUT2D eigenvalue weighted by Gasteiger charge is 2.35. The van der Waals surface area contributed by atoms with Crippen LogP contribution in [-0.2, 0) is 6.18 Å². The fourth-order valence-electron chi connectivity index (χ4n) is 2.73. The van der Waals surface area contributed by atoms with E-state index in [0.717, 1.165) is 48.5 Å². The minimum Gasteiger partial charge on any atom is -0.406 e. The van der Waals surface area contributed by atoms with Crippen LogP contribution in [0.2, 0.25) is 5.02 Å². The van der Waals surface area contributed by atoms with Gasteiger partial charge in [-0.25, -0.2) is 4.98 Å². The second kappa shape index (κ2) is 8.65. The molecule has 0 atom stereocenters. The average molecular weight is 502 g/mol. The number of hydrogen-bond donors (Lipinski definition) is 0. The van der Waals surface area contributed by atoms with Crippen molar-refractivity contribution in [1.82, 2.24) is 4.98 Å². The first kappa shape index (κ1) is 24.5. The number of rotatable bonds is 4. The number of benzene rings is 2. The Bertz CT molecular complexity index is 1040. The monoisotopic (exact) mass is 501 g/mol. The predicted molar refractivity (Wildman–Crippen MR) is 98.5 cm³/mol. The summed E-state index contributed by atoms with van der Waals surface area (Å²) < 4.78 is 122. The van der Waals surface area contributed by atoms with Crippen LogP contribution < -0.4 is 9.47 Å². The van der Waals surface area contributed by atoms with Crippen LogP contribution in [0.25, 0.3) is 22.4 Å². The summed E-state index contributed by atoms with van der Waals surface area (Å²) >= 11 is 6.24. The molecule has 0 amide bonds. The summed E-state index contributed by atoms with van der Waals surface area (Å²) in [6.07, 6.45) is -14.9. The Labute approximate surface area is 184 Å². The van der Waals surface area contributed by atoms with Crippen LogP contribution >= 0.6 is 11.6 Å². The van der Waals surface area contributed by atoms with Gasteiger partial charge in [0.2, 0.25) is 0 Å². The van der Waals surface area contributed by atoms with E-state index in [-0.39, 0.29) is 21.7 Å². The van der Waals surface area contributed by atoms with Gasteiger partial charge in [-0.15, -0.1) is 26.3 Å². The lowest BCUT2D eigenvalue weighted by molar-refractivity contribution is -0.275. The summed E-state index contributed by atoms with van der Waals surface area (Å²) in [7, 11) is 0. The molecule has 2 aromatic carbocycles. The molecule has 0 unspecified atom stereocenters. The van der Waals surface area contributed by atoms with Crippen LogP contribution in [0.15, 0.2) is 54.6 Å². The highest BCUT2D eigenvalue weighted by Crippen LogP contribution is 2.41. The van der Waals surface area contributed by atoms with Crippen molar-refractivity contribution in [3.8, 4) is 33.9 Å². The van der Waals surface area contributed by atoms with E-state index in [1.54, 1.807) is 0 Å². The summed E-state index contributed by atoms with van der Waals surface area (Å²) in [5.74, 6) is -1.22. The van der Waals surface area contributed by atoms with Crippen LogP contribution in [0.1, 0.15) is 5.69 Å². The number of pyridine rings is 1. The van der Waals surface area contributed by atoms with Gasteiger partial charge in [0.05, 0.1) is 10.7 Å². The van der Waals surface area contributed by atoms with Crippen molar-refractivity contribution in [2.75, 3.05) is 0 Å². The fraction of sp³-hybridized carbons (Fsp3) is 0.150. The Hall–Kier alpha value is -3.15. The van der Waals surface area contributed by atoms with E-state index in [4.69, 9.17) is 11.6 Å². The maximum absolute atomic E-state index is 13.4. The lowest BCUT2D eigenvalue weighted by atomic mass is 10.0. The van der Waals surface area contributed by atoms with Crippen molar-refractivity contribution in [1.29, 1.82) is 0 Å². The Kier molecular flexibility index (Phi) is 6.42. The molecule has 0 spiro atoms. The van der Waals surface area contributed by atoms with Crippen molar-refractivity contribution in [3.05, 3.63) is 65.3 Å². The summed E-state index contributed by atoms with van der Waals surface area (Å²) in [5.41, 5.74) is -2.04.